The van der Waals surface area contributed by atoms with E-state index in [1.165, 1.54) is 0 Å². The van der Waals surface area contributed by atoms with Crippen molar-refractivity contribution in [2.75, 3.05) is 5.32 Å². The minimum atomic E-state index is -6.70. The van der Waals surface area contributed by atoms with Crippen LogP contribution in [-0.4, -0.2) is 30.4 Å². The number of amides is 1. The molecule has 18 heteroatoms. The van der Waals surface area contributed by atoms with Crippen molar-refractivity contribution in [2.45, 2.75) is 30.8 Å². The summed E-state index contributed by atoms with van der Waals surface area (Å²) in [4.78, 5) is 25.2. The fourth-order valence-electron chi connectivity index (χ4n) is 3.62. The van der Waals surface area contributed by atoms with Gasteiger partial charge in [-0.15, -0.1) is 13.2 Å². The number of alkyl halides is 10. The molecule has 3 aromatic carbocycles. The Balaban J connectivity index is 2.04. The van der Waals surface area contributed by atoms with E-state index in [1.807, 2.05) is 5.32 Å². The molecule has 0 heterocycles. The van der Waals surface area contributed by atoms with Crippen molar-refractivity contribution in [1.82, 2.24) is 0 Å². The second kappa shape index (κ2) is 11.7. The Labute approximate surface area is 239 Å². The Bertz CT molecular complexity index is 1550. The lowest BCUT2D eigenvalue weighted by atomic mass is 9.91. The van der Waals surface area contributed by atoms with Gasteiger partial charge in [0.2, 0.25) is 0 Å². The maximum atomic E-state index is 15.1. The van der Waals surface area contributed by atoms with Crippen molar-refractivity contribution >= 4 is 33.3 Å². The number of nitrogens with one attached hydrogen (secondary N) is 1. The molecular weight excluding hydrogens is 689 g/mol. The minimum absolute atomic E-state index is 0.165. The molecule has 43 heavy (non-hydrogen) atoms. The largest absolute Gasteiger partial charge is 0.573 e. The number of ketones is 1. The summed E-state index contributed by atoms with van der Waals surface area (Å²) in [6.45, 7) is 0. The van der Waals surface area contributed by atoms with Gasteiger partial charge >= 0.3 is 24.4 Å². The van der Waals surface area contributed by atoms with Crippen molar-refractivity contribution in [3.8, 4) is 5.75 Å². The summed E-state index contributed by atoms with van der Waals surface area (Å²) in [5, 5.41) is 1.95. The molecule has 0 saturated heterocycles. The number of halogens is 14. The normalized spacial score (nSPS) is 12.7. The molecule has 0 fully saturated rings. The lowest BCUT2D eigenvalue weighted by molar-refractivity contribution is -0.348. The molecule has 0 radical (unpaired) electrons. The van der Waals surface area contributed by atoms with Crippen molar-refractivity contribution in [1.29, 1.82) is 0 Å². The molecule has 0 aliphatic carbocycles. The Hall–Kier alpha value is -3.83. The Kier molecular flexibility index (Phi) is 9.15. The molecule has 3 rings (SSSR count). The summed E-state index contributed by atoms with van der Waals surface area (Å²) in [6.07, 6.45) is -20.5. The molecule has 232 valence electrons. The van der Waals surface area contributed by atoms with Gasteiger partial charge in [-0.3, -0.25) is 9.59 Å². The first kappa shape index (κ1) is 33.7. The molecule has 0 bridgehead atoms. The van der Waals surface area contributed by atoms with Gasteiger partial charge in [-0.05, 0) is 42.5 Å². The first-order valence-corrected chi connectivity index (χ1v) is 11.8. The van der Waals surface area contributed by atoms with Gasteiger partial charge in [0.15, 0.2) is 23.2 Å². The molecule has 3 aromatic rings. The fraction of sp³-hybridized carbons (Fsp3) is 0.200. The summed E-state index contributed by atoms with van der Waals surface area (Å²) < 4.78 is 177. The quantitative estimate of drug-likeness (QED) is 0.198. The summed E-state index contributed by atoms with van der Waals surface area (Å²) in [6, 6.07) is 3.78. The maximum absolute atomic E-state index is 15.1. The van der Waals surface area contributed by atoms with Crippen LogP contribution >= 0.6 is 15.9 Å². The highest BCUT2D eigenvalue weighted by Gasteiger charge is 2.73. The van der Waals surface area contributed by atoms with E-state index < -0.39 is 104 Å². The van der Waals surface area contributed by atoms with E-state index in [9.17, 15) is 62.3 Å². The molecule has 0 unspecified atom stereocenters. The van der Waals surface area contributed by atoms with Gasteiger partial charge in [0.1, 0.15) is 5.75 Å². The Morgan fingerprint density at radius 2 is 1.40 bits per heavy atom. The molecule has 0 aliphatic heterocycles. The lowest BCUT2D eigenvalue weighted by Crippen LogP contribution is -2.50. The SMILES string of the molecule is O=C(Nc1cccc(C(=O)Cc2c(Br)cc(C(F)(C(F)(F)F)C(F)(F)F)cc2OC(F)(F)F)c1F)c1ccc(F)c(F)c1. The number of anilines is 1. The van der Waals surface area contributed by atoms with Gasteiger partial charge in [-0.2, -0.15) is 26.3 Å². The van der Waals surface area contributed by atoms with Crippen molar-refractivity contribution in [3.05, 3.63) is 92.7 Å². The van der Waals surface area contributed by atoms with Gasteiger partial charge in [0.25, 0.3) is 5.91 Å². The average molecular weight is 700 g/mol. The molecule has 0 atom stereocenters. The first-order valence-electron chi connectivity index (χ1n) is 11.1. The molecule has 0 aliphatic rings. The zero-order valence-electron chi connectivity index (χ0n) is 20.3. The maximum Gasteiger partial charge on any atom is 0.573 e. The Morgan fingerprint density at radius 1 is 0.791 bits per heavy atom. The predicted molar refractivity (Wildman–Crippen MR) is 124 cm³/mol. The van der Waals surface area contributed by atoms with E-state index in [-0.39, 0.29) is 6.07 Å². The minimum Gasteiger partial charge on any atom is -0.405 e. The summed E-state index contributed by atoms with van der Waals surface area (Å²) in [7, 11) is 0. The zero-order valence-corrected chi connectivity index (χ0v) is 21.9. The molecule has 4 nitrogen and oxygen atoms in total. The number of rotatable bonds is 7. The topological polar surface area (TPSA) is 55.4 Å². The molecule has 1 N–H and O–H groups in total. The van der Waals surface area contributed by atoms with Gasteiger partial charge < -0.3 is 10.1 Å². The van der Waals surface area contributed by atoms with Gasteiger partial charge in [0, 0.05) is 27.6 Å². The first-order chi connectivity index (χ1) is 19.6. The highest BCUT2D eigenvalue weighted by Crippen LogP contribution is 2.54. The van der Waals surface area contributed by atoms with Crippen LogP contribution in [0.25, 0.3) is 0 Å². The Morgan fingerprint density at radius 3 is 1.93 bits per heavy atom. The van der Waals surface area contributed by atoms with Crippen molar-refractivity contribution in [2.24, 2.45) is 0 Å². The third kappa shape index (κ3) is 7.05. The lowest BCUT2D eigenvalue weighted by Gasteiger charge is -2.31. The van der Waals surface area contributed by atoms with Crippen LogP contribution in [0.5, 0.6) is 5.75 Å². The molecule has 0 spiro atoms. The van der Waals surface area contributed by atoms with Crippen molar-refractivity contribution in [3.63, 3.8) is 0 Å². The van der Waals surface area contributed by atoms with Gasteiger partial charge in [-0.25, -0.2) is 17.6 Å². The van der Waals surface area contributed by atoms with Crippen LogP contribution in [0.3, 0.4) is 0 Å². The second-order valence-electron chi connectivity index (χ2n) is 8.49. The summed E-state index contributed by atoms with van der Waals surface area (Å²) in [5.41, 5.74) is -11.8. The number of carbonyl (C=O) groups is 2. The highest BCUT2D eigenvalue weighted by atomic mass is 79.9. The number of Topliss-reactive ketones (excluding diaryl/α,β-unsaturated/α-hetero) is 1. The van der Waals surface area contributed by atoms with Crippen LogP contribution in [0, 0.1) is 17.5 Å². The van der Waals surface area contributed by atoms with Crippen LogP contribution in [0.15, 0.2) is 53.0 Å². The van der Waals surface area contributed by atoms with Crippen LogP contribution in [0.2, 0.25) is 0 Å². The number of hydrogen-bond donors (Lipinski definition) is 1. The molecule has 1 amide bonds. The van der Waals surface area contributed by atoms with E-state index in [0.29, 0.717) is 12.1 Å². The second-order valence-corrected chi connectivity index (χ2v) is 9.34. The zero-order chi connectivity index (χ0) is 32.7. The van der Waals surface area contributed by atoms with E-state index in [2.05, 4.69) is 20.7 Å². The number of ether oxygens (including phenoxy) is 1. The third-order valence-electron chi connectivity index (χ3n) is 5.63. The monoisotopic (exact) mass is 699 g/mol. The highest BCUT2D eigenvalue weighted by molar-refractivity contribution is 9.10. The van der Waals surface area contributed by atoms with E-state index >= 15 is 4.39 Å². The van der Waals surface area contributed by atoms with E-state index in [0.717, 1.165) is 24.3 Å². The van der Waals surface area contributed by atoms with Crippen molar-refractivity contribution < 1.29 is 71.4 Å². The average Bonchev–Trinajstić information content (AvgIpc) is 2.85. The third-order valence-corrected chi connectivity index (χ3v) is 6.33. The number of benzene rings is 3. The van der Waals surface area contributed by atoms with Crippen LogP contribution in [0.4, 0.5) is 62.8 Å². The fourth-order valence-corrected chi connectivity index (χ4v) is 4.20. The molecule has 0 aromatic heterocycles. The number of carbonyl (C=O) groups excluding carboxylic acids is 2. The molecular formula is C25H11BrF13NO3. The van der Waals surface area contributed by atoms with Gasteiger partial charge in [0.05, 0.1) is 11.3 Å². The smallest absolute Gasteiger partial charge is 0.405 e. The molecule has 0 saturated carbocycles. The van der Waals surface area contributed by atoms with Crippen LogP contribution < -0.4 is 10.1 Å². The number of hydrogen-bond acceptors (Lipinski definition) is 3. The van der Waals surface area contributed by atoms with Crippen LogP contribution in [0.1, 0.15) is 31.8 Å². The predicted octanol–water partition coefficient (Wildman–Crippen LogP) is 8.73. The van der Waals surface area contributed by atoms with E-state index in [1.54, 1.807) is 0 Å². The summed E-state index contributed by atoms with van der Waals surface area (Å²) >= 11 is 2.43. The van der Waals surface area contributed by atoms with E-state index in [4.69, 9.17) is 0 Å². The summed E-state index contributed by atoms with van der Waals surface area (Å²) in [5.74, 6) is -8.71. The standard InChI is InChI=1S/C25H11BrF13NO3/c26-14-7-11(22(30,23(31,32)33)24(34,35)36)8-19(43-25(37,38)39)13(14)9-18(41)12-2-1-3-17(20(12)29)40-21(42)10-4-5-15(27)16(28)6-10/h1-8H,9H2,(H,40,42). The van der Waals surface area contributed by atoms with Gasteiger partial charge in [-0.1, -0.05) is 22.0 Å². The van der Waals surface area contributed by atoms with Crippen LogP contribution in [-0.2, 0) is 12.1 Å².